The topological polar surface area (TPSA) is 110 Å². The molecule has 50 heavy (non-hydrogen) atoms. The molecule has 0 bridgehead atoms. The fourth-order valence-electron chi connectivity index (χ4n) is 8.20. The van der Waals surface area contributed by atoms with E-state index in [1.807, 2.05) is 6.92 Å². The first-order chi connectivity index (χ1) is 23.8. The molecule has 8 nitrogen and oxygen atoms in total. The van der Waals surface area contributed by atoms with E-state index in [1.165, 1.54) is 24.4 Å². The molecule has 0 amide bonds. The summed E-state index contributed by atoms with van der Waals surface area (Å²) in [5.41, 5.74) is 5.12. The highest BCUT2D eigenvalue weighted by Crippen LogP contribution is 2.42. The lowest BCUT2D eigenvalue weighted by atomic mass is 9.90. The maximum atomic E-state index is 17.0. The van der Waals surface area contributed by atoms with Crippen molar-refractivity contribution in [3.8, 4) is 34.5 Å². The molecule has 2 saturated heterocycles. The van der Waals surface area contributed by atoms with E-state index < -0.39 is 31.9 Å². The van der Waals surface area contributed by atoms with Gasteiger partial charge in [-0.15, -0.1) is 5.54 Å². The van der Waals surface area contributed by atoms with Gasteiger partial charge >= 0.3 is 6.01 Å². The van der Waals surface area contributed by atoms with E-state index >= 15 is 8.78 Å². The summed E-state index contributed by atoms with van der Waals surface area (Å²) in [6.07, 6.45) is 2.90. The summed E-state index contributed by atoms with van der Waals surface area (Å²) < 4.78 is 44.6. The van der Waals surface area contributed by atoms with Gasteiger partial charge in [0.05, 0.1) is 29.5 Å². The van der Waals surface area contributed by atoms with Crippen molar-refractivity contribution < 1.29 is 28.5 Å². The van der Waals surface area contributed by atoms with Gasteiger partial charge in [0, 0.05) is 29.1 Å². The van der Waals surface area contributed by atoms with Gasteiger partial charge in [-0.1, -0.05) is 60.5 Å². The lowest BCUT2D eigenvalue weighted by Gasteiger charge is -2.38. The van der Waals surface area contributed by atoms with Crippen LogP contribution in [0.3, 0.4) is 0 Å². The number of benzene rings is 2. The molecule has 4 atom stereocenters. The summed E-state index contributed by atoms with van der Waals surface area (Å²) >= 11 is 0. The fraction of sp³-hybridized carbons (Fsp3) is 0.513. The molecule has 0 spiro atoms. The Balaban J connectivity index is 1.56. The Morgan fingerprint density at radius 1 is 1.08 bits per heavy atom. The summed E-state index contributed by atoms with van der Waals surface area (Å²) in [5.74, 6) is 2.07. The van der Waals surface area contributed by atoms with E-state index in [0.717, 1.165) is 12.8 Å². The fourth-order valence-corrected chi connectivity index (χ4v) is 13.4. The van der Waals surface area contributed by atoms with Gasteiger partial charge in [-0.2, -0.15) is 9.97 Å². The van der Waals surface area contributed by atoms with Gasteiger partial charge in [-0.05, 0) is 71.9 Å². The number of rotatable bonds is 8. The van der Waals surface area contributed by atoms with Crippen LogP contribution in [-0.2, 0) is 4.74 Å². The molecule has 4 heterocycles. The molecule has 4 aromatic rings. The molecule has 2 aliphatic heterocycles. The van der Waals surface area contributed by atoms with Crippen molar-refractivity contribution in [2.45, 2.75) is 103 Å². The van der Waals surface area contributed by atoms with Crippen molar-refractivity contribution in [1.29, 1.82) is 0 Å². The number of phenols is 1. The zero-order valence-electron chi connectivity index (χ0n) is 30.0. The predicted molar refractivity (Wildman–Crippen MR) is 195 cm³/mol. The largest absolute Gasteiger partial charge is 0.508 e. The maximum Gasteiger partial charge on any atom is 0.317 e. The number of aromatic hydroxyl groups is 1. The standard InChI is InChI=1S/C39H48F2N4O4Si/c1-21(2)50(22(3)4,23(5)6)14-12-28-31(40)11-10-25-16-26(46)17-29(33(25)28)35-34(41)36-30(19-43-35)37(38-32(47)15-24(7)18-42-38)45-39(44-36)49-20-27-9-8-13-48-27/h10-11,16-17,19,21-24,27,32,38,42,46-47H,8-9,13,15,18,20H2,1-7H3/t24?,27-,32?,38?/m1/s1. The summed E-state index contributed by atoms with van der Waals surface area (Å²) in [6, 6.07) is 5.18. The summed E-state index contributed by atoms with van der Waals surface area (Å²) in [4.78, 5) is 13.7. The molecule has 2 fully saturated rings. The Morgan fingerprint density at radius 2 is 1.82 bits per heavy atom. The van der Waals surface area contributed by atoms with Gasteiger partial charge in [0.25, 0.3) is 0 Å². The van der Waals surface area contributed by atoms with Crippen LogP contribution in [0.25, 0.3) is 32.9 Å². The molecule has 0 aliphatic carbocycles. The first kappa shape index (κ1) is 36.1. The van der Waals surface area contributed by atoms with Gasteiger partial charge in [0.1, 0.15) is 37.5 Å². The maximum absolute atomic E-state index is 17.0. The quantitative estimate of drug-likeness (QED) is 0.125. The molecule has 2 aliphatic rings. The number of ether oxygens (including phenoxy) is 2. The number of phenolic OH excluding ortho intramolecular Hbond substituents is 1. The number of pyridine rings is 1. The van der Waals surface area contributed by atoms with Crippen molar-refractivity contribution in [2.24, 2.45) is 5.92 Å². The monoisotopic (exact) mass is 702 g/mol. The van der Waals surface area contributed by atoms with Crippen LogP contribution in [0.1, 0.15) is 85.0 Å². The van der Waals surface area contributed by atoms with Crippen molar-refractivity contribution in [3.63, 3.8) is 0 Å². The summed E-state index contributed by atoms with van der Waals surface area (Å²) in [6.45, 7) is 16.7. The Hall–Kier alpha value is -3.69. The van der Waals surface area contributed by atoms with Crippen molar-refractivity contribution >= 4 is 29.7 Å². The molecule has 11 heteroatoms. The van der Waals surface area contributed by atoms with Crippen LogP contribution in [-0.4, -0.2) is 65.2 Å². The number of nitrogens with zero attached hydrogens (tertiary/aromatic N) is 3. The summed E-state index contributed by atoms with van der Waals surface area (Å²) in [7, 11) is -2.27. The minimum atomic E-state index is -2.27. The number of hydrogen-bond acceptors (Lipinski definition) is 8. The van der Waals surface area contributed by atoms with Crippen molar-refractivity contribution in [3.05, 3.63) is 53.4 Å². The Labute approximate surface area is 294 Å². The molecule has 6 rings (SSSR count). The lowest BCUT2D eigenvalue weighted by molar-refractivity contribution is 0.0628. The van der Waals surface area contributed by atoms with E-state index in [4.69, 9.17) is 9.47 Å². The zero-order chi connectivity index (χ0) is 35.9. The average molecular weight is 703 g/mol. The number of nitrogens with one attached hydrogen (secondary N) is 1. The van der Waals surface area contributed by atoms with Crippen LogP contribution in [0.4, 0.5) is 8.78 Å². The first-order valence-electron chi connectivity index (χ1n) is 17.8. The minimum Gasteiger partial charge on any atom is -0.508 e. The predicted octanol–water partition coefficient (Wildman–Crippen LogP) is 7.99. The number of fused-ring (bicyclic) bond motifs is 2. The molecule has 3 N–H and O–H groups in total. The zero-order valence-corrected chi connectivity index (χ0v) is 31.0. The molecular weight excluding hydrogens is 655 g/mol. The number of aliphatic hydroxyl groups excluding tert-OH is 1. The second kappa shape index (κ2) is 14.5. The molecule has 266 valence electrons. The highest BCUT2D eigenvalue weighted by molar-refractivity contribution is 6.90. The number of hydrogen-bond donors (Lipinski definition) is 3. The van der Waals surface area contributed by atoms with Crippen LogP contribution < -0.4 is 10.1 Å². The second-order valence-electron chi connectivity index (χ2n) is 15.0. The summed E-state index contributed by atoms with van der Waals surface area (Å²) in [5, 5.41) is 26.5. The van der Waals surface area contributed by atoms with E-state index in [1.54, 1.807) is 6.07 Å². The normalized spacial score (nSPS) is 21.4. The van der Waals surface area contributed by atoms with E-state index in [2.05, 4.69) is 73.3 Å². The molecular formula is C39H48F2N4O4Si. The lowest BCUT2D eigenvalue weighted by Crippen LogP contribution is -2.43. The highest BCUT2D eigenvalue weighted by atomic mass is 28.3. The Kier molecular flexibility index (Phi) is 10.5. The van der Waals surface area contributed by atoms with Crippen LogP contribution >= 0.6 is 0 Å². The van der Waals surface area contributed by atoms with Crippen molar-refractivity contribution in [2.75, 3.05) is 19.8 Å². The Bertz CT molecular complexity index is 1930. The smallest absolute Gasteiger partial charge is 0.317 e. The molecule has 0 radical (unpaired) electrons. The van der Waals surface area contributed by atoms with E-state index in [9.17, 15) is 10.2 Å². The number of aromatic nitrogens is 3. The third-order valence-electron chi connectivity index (χ3n) is 10.7. The number of piperidine rings is 1. The molecule has 2 aromatic heterocycles. The molecule has 3 unspecified atom stereocenters. The average Bonchev–Trinajstić information content (AvgIpc) is 3.58. The first-order valence-corrected chi connectivity index (χ1v) is 20.1. The van der Waals surface area contributed by atoms with Crippen LogP contribution in [0, 0.1) is 29.0 Å². The van der Waals surface area contributed by atoms with Gasteiger partial charge < -0.3 is 25.0 Å². The van der Waals surface area contributed by atoms with E-state index in [0.29, 0.717) is 58.0 Å². The molecule has 2 aromatic carbocycles. The van der Waals surface area contributed by atoms with Gasteiger partial charge in [-0.25, -0.2) is 8.78 Å². The third-order valence-corrected chi connectivity index (χ3v) is 17.0. The third kappa shape index (κ3) is 6.71. The Morgan fingerprint density at radius 3 is 2.48 bits per heavy atom. The number of halogens is 2. The van der Waals surface area contributed by atoms with Crippen LogP contribution in [0.2, 0.25) is 16.6 Å². The van der Waals surface area contributed by atoms with Crippen LogP contribution in [0.15, 0.2) is 30.5 Å². The minimum absolute atomic E-state index is 0.0395. The van der Waals surface area contributed by atoms with Crippen LogP contribution in [0.5, 0.6) is 11.8 Å². The van der Waals surface area contributed by atoms with Gasteiger partial charge in [0.15, 0.2) is 5.82 Å². The highest BCUT2D eigenvalue weighted by Gasteiger charge is 2.42. The van der Waals surface area contributed by atoms with E-state index in [-0.39, 0.29) is 52.7 Å². The van der Waals surface area contributed by atoms with Gasteiger partial charge in [0.2, 0.25) is 0 Å². The van der Waals surface area contributed by atoms with Crippen molar-refractivity contribution in [1.82, 2.24) is 20.3 Å². The van der Waals surface area contributed by atoms with Gasteiger partial charge in [-0.3, -0.25) is 4.98 Å². The number of aliphatic hydroxyl groups is 1. The second-order valence-corrected chi connectivity index (χ2v) is 20.6. The SMILES string of the molecule is CC1CNC(c2nc(OC[C@H]3CCCO3)nc3c(F)c(-c4cc(O)cc5ccc(F)c(C#C[Si](C(C)C)(C(C)C)C(C)C)c45)ncc23)C(O)C1. The molecule has 0 saturated carbocycles.